The number of thiophene rings is 1. The Morgan fingerprint density at radius 3 is 2.80 bits per heavy atom. The fourth-order valence-electron chi connectivity index (χ4n) is 2.50. The molecule has 1 aliphatic heterocycles. The van der Waals surface area contributed by atoms with Crippen molar-refractivity contribution in [3.63, 3.8) is 0 Å². The quantitative estimate of drug-likeness (QED) is 0.937. The lowest BCUT2D eigenvalue weighted by Crippen LogP contribution is -2.32. The van der Waals surface area contributed by atoms with Gasteiger partial charge in [-0.1, -0.05) is 30.3 Å². The second-order valence-electron chi connectivity index (χ2n) is 5.22. The predicted octanol–water partition coefficient (Wildman–Crippen LogP) is 2.56. The van der Waals surface area contributed by atoms with Crippen LogP contribution in [0.1, 0.15) is 16.7 Å². The van der Waals surface area contributed by atoms with Gasteiger partial charge in [0, 0.05) is 6.54 Å². The summed E-state index contributed by atoms with van der Waals surface area (Å²) in [5.41, 5.74) is 3.73. The Balaban J connectivity index is 1.64. The fraction of sp³-hybridized carbons (Fsp3) is 0.312. The number of carbonyl (C=O) groups is 1. The maximum atomic E-state index is 12.4. The molecule has 0 aliphatic carbocycles. The smallest absolute Gasteiger partial charge is 0.241 e. The molecule has 1 aliphatic rings. The summed E-state index contributed by atoms with van der Waals surface area (Å²) in [6.45, 7) is 3.46. The van der Waals surface area contributed by atoms with Crippen LogP contribution in [-0.4, -0.2) is 23.5 Å². The van der Waals surface area contributed by atoms with E-state index in [4.69, 9.17) is 0 Å². The van der Waals surface area contributed by atoms with E-state index in [1.54, 1.807) is 11.3 Å². The molecular weight excluding hydrogens is 268 g/mol. The molecule has 1 saturated heterocycles. The maximum Gasteiger partial charge on any atom is 0.241 e. The summed E-state index contributed by atoms with van der Waals surface area (Å²) in [7, 11) is 0. The molecule has 1 N–H and O–H groups in total. The first-order chi connectivity index (χ1) is 9.74. The molecule has 2 heterocycles. The van der Waals surface area contributed by atoms with Crippen molar-refractivity contribution in [1.29, 1.82) is 0 Å². The molecule has 20 heavy (non-hydrogen) atoms. The van der Waals surface area contributed by atoms with Gasteiger partial charge < -0.3 is 4.90 Å². The zero-order valence-corrected chi connectivity index (χ0v) is 12.3. The highest BCUT2D eigenvalue weighted by Crippen LogP contribution is 2.18. The molecule has 0 spiro atoms. The van der Waals surface area contributed by atoms with E-state index in [1.807, 2.05) is 23.1 Å². The van der Waals surface area contributed by atoms with Crippen molar-refractivity contribution < 1.29 is 4.79 Å². The summed E-state index contributed by atoms with van der Waals surface area (Å²) >= 11 is 1.70. The van der Waals surface area contributed by atoms with E-state index < -0.39 is 0 Å². The Bertz CT molecular complexity index is 594. The first kappa shape index (κ1) is 13.3. The van der Waals surface area contributed by atoms with Crippen molar-refractivity contribution in [2.75, 3.05) is 6.67 Å². The van der Waals surface area contributed by atoms with Crippen LogP contribution in [0.25, 0.3) is 0 Å². The van der Waals surface area contributed by atoms with E-state index >= 15 is 0 Å². The number of nitrogens with zero attached hydrogens (tertiary/aromatic N) is 1. The molecule has 1 unspecified atom stereocenters. The van der Waals surface area contributed by atoms with Crippen molar-refractivity contribution in [2.45, 2.75) is 25.9 Å². The van der Waals surface area contributed by atoms with Gasteiger partial charge >= 0.3 is 0 Å². The minimum Gasteiger partial charge on any atom is -0.324 e. The maximum absolute atomic E-state index is 12.4. The summed E-state index contributed by atoms with van der Waals surface area (Å²) in [6.07, 6.45) is 0.763. The van der Waals surface area contributed by atoms with Crippen LogP contribution in [0, 0.1) is 6.92 Å². The molecule has 1 aromatic carbocycles. The van der Waals surface area contributed by atoms with Crippen LogP contribution >= 0.6 is 11.3 Å². The lowest BCUT2D eigenvalue weighted by Gasteiger charge is -2.15. The van der Waals surface area contributed by atoms with Crippen molar-refractivity contribution in [2.24, 2.45) is 0 Å². The number of hydrogen-bond donors (Lipinski definition) is 1. The standard InChI is InChI=1S/C16H18N2OS/c1-12-9-20-10-14(12)8-18-11-17-15(16(18)19)7-13-5-3-2-4-6-13/h2-6,9-10,15,17H,7-8,11H2,1H3. The van der Waals surface area contributed by atoms with Crippen LogP contribution in [-0.2, 0) is 17.8 Å². The Labute approximate surface area is 123 Å². The highest BCUT2D eigenvalue weighted by molar-refractivity contribution is 7.08. The number of amides is 1. The fourth-order valence-corrected chi connectivity index (χ4v) is 3.35. The van der Waals surface area contributed by atoms with Crippen LogP contribution in [0.5, 0.6) is 0 Å². The van der Waals surface area contributed by atoms with Crippen molar-refractivity contribution >= 4 is 17.2 Å². The Morgan fingerprint density at radius 2 is 2.10 bits per heavy atom. The van der Waals surface area contributed by atoms with Crippen molar-refractivity contribution in [3.8, 4) is 0 Å². The third-order valence-corrected chi connectivity index (χ3v) is 4.65. The van der Waals surface area contributed by atoms with E-state index in [9.17, 15) is 4.79 Å². The molecule has 3 nitrogen and oxygen atoms in total. The van der Waals surface area contributed by atoms with Gasteiger partial charge in [0.15, 0.2) is 0 Å². The number of aryl methyl sites for hydroxylation is 1. The number of benzene rings is 1. The SMILES string of the molecule is Cc1cscc1CN1CNC(Cc2ccccc2)C1=O. The van der Waals surface area contributed by atoms with Crippen LogP contribution in [0.4, 0.5) is 0 Å². The molecule has 0 bridgehead atoms. The number of carbonyl (C=O) groups excluding carboxylic acids is 1. The van der Waals surface area contributed by atoms with Crippen LogP contribution in [0.2, 0.25) is 0 Å². The van der Waals surface area contributed by atoms with E-state index in [1.165, 1.54) is 16.7 Å². The monoisotopic (exact) mass is 286 g/mol. The molecular formula is C16H18N2OS. The van der Waals surface area contributed by atoms with Gasteiger partial charge in [0.25, 0.3) is 0 Å². The van der Waals surface area contributed by atoms with Gasteiger partial charge in [0.05, 0.1) is 12.7 Å². The van der Waals surface area contributed by atoms with Gasteiger partial charge in [-0.05, 0) is 40.8 Å². The molecule has 1 amide bonds. The van der Waals surface area contributed by atoms with Crippen LogP contribution < -0.4 is 5.32 Å². The average molecular weight is 286 g/mol. The van der Waals surface area contributed by atoms with Gasteiger partial charge in [-0.25, -0.2) is 0 Å². The highest BCUT2D eigenvalue weighted by Gasteiger charge is 2.31. The number of hydrogen-bond acceptors (Lipinski definition) is 3. The first-order valence-electron chi connectivity index (χ1n) is 6.82. The Morgan fingerprint density at radius 1 is 1.30 bits per heavy atom. The predicted molar refractivity (Wildman–Crippen MR) is 81.5 cm³/mol. The molecule has 2 aromatic rings. The number of nitrogens with one attached hydrogen (secondary N) is 1. The normalized spacial score (nSPS) is 18.8. The summed E-state index contributed by atoms with van der Waals surface area (Å²) in [5.74, 6) is 0.208. The Kier molecular flexibility index (Phi) is 3.85. The third kappa shape index (κ3) is 2.76. The minimum absolute atomic E-state index is 0.0867. The summed E-state index contributed by atoms with van der Waals surface area (Å²) in [6, 6.07) is 10.1. The largest absolute Gasteiger partial charge is 0.324 e. The van der Waals surface area contributed by atoms with Gasteiger partial charge in [0.2, 0.25) is 5.91 Å². The van der Waals surface area contributed by atoms with Gasteiger partial charge in [0.1, 0.15) is 0 Å². The molecule has 1 atom stereocenters. The van der Waals surface area contributed by atoms with E-state index in [2.05, 4.69) is 35.1 Å². The Hall–Kier alpha value is -1.65. The van der Waals surface area contributed by atoms with Gasteiger partial charge in [-0.3, -0.25) is 10.1 Å². The average Bonchev–Trinajstić information content (AvgIpc) is 3.01. The topological polar surface area (TPSA) is 32.3 Å². The third-order valence-electron chi connectivity index (χ3n) is 3.74. The van der Waals surface area contributed by atoms with E-state index in [0.717, 1.165) is 6.42 Å². The lowest BCUT2D eigenvalue weighted by atomic mass is 10.1. The molecule has 104 valence electrons. The zero-order chi connectivity index (χ0) is 13.9. The molecule has 0 radical (unpaired) electrons. The molecule has 1 fully saturated rings. The molecule has 3 rings (SSSR count). The first-order valence-corrected chi connectivity index (χ1v) is 7.76. The highest BCUT2D eigenvalue weighted by atomic mass is 32.1. The molecule has 4 heteroatoms. The summed E-state index contributed by atoms with van der Waals surface area (Å²) in [5, 5.41) is 7.58. The van der Waals surface area contributed by atoms with Gasteiger partial charge in [-0.15, -0.1) is 0 Å². The van der Waals surface area contributed by atoms with Crippen molar-refractivity contribution in [3.05, 3.63) is 57.8 Å². The summed E-state index contributed by atoms with van der Waals surface area (Å²) in [4.78, 5) is 14.3. The van der Waals surface area contributed by atoms with E-state index in [-0.39, 0.29) is 11.9 Å². The summed E-state index contributed by atoms with van der Waals surface area (Å²) < 4.78 is 0. The molecule has 1 aromatic heterocycles. The lowest BCUT2D eigenvalue weighted by molar-refractivity contribution is -0.129. The van der Waals surface area contributed by atoms with E-state index in [0.29, 0.717) is 13.2 Å². The van der Waals surface area contributed by atoms with Gasteiger partial charge in [-0.2, -0.15) is 11.3 Å². The minimum atomic E-state index is -0.0867. The van der Waals surface area contributed by atoms with Crippen LogP contribution in [0.15, 0.2) is 41.1 Å². The second kappa shape index (κ2) is 5.77. The number of rotatable bonds is 4. The zero-order valence-electron chi connectivity index (χ0n) is 11.5. The second-order valence-corrected chi connectivity index (χ2v) is 5.96. The molecule has 0 saturated carbocycles. The van der Waals surface area contributed by atoms with Crippen LogP contribution in [0.3, 0.4) is 0 Å². The van der Waals surface area contributed by atoms with Crippen molar-refractivity contribution in [1.82, 2.24) is 10.2 Å².